The van der Waals surface area contributed by atoms with E-state index in [4.69, 9.17) is 28.9 Å². The predicted molar refractivity (Wildman–Crippen MR) is 73.8 cm³/mol. The maximum absolute atomic E-state index is 11.9. The molecule has 2 rings (SSSR count). The van der Waals surface area contributed by atoms with E-state index in [1.54, 1.807) is 12.1 Å². The van der Waals surface area contributed by atoms with Crippen LogP contribution in [0.2, 0.25) is 10.0 Å². The number of hydrogen-bond acceptors (Lipinski definition) is 2. The quantitative estimate of drug-likeness (QED) is 0.929. The molecule has 1 aromatic rings. The Hall–Kier alpha value is -0.770. The number of nitrogens with two attached hydrogens (primary N) is 1. The Morgan fingerprint density at radius 1 is 1.50 bits per heavy atom. The summed E-state index contributed by atoms with van der Waals surface area (Å²) >= 11 is 12.0. The molecular formula is C13H16Cl2N2O. The average molecular weight is 287 g/mol. The van der Waals surface area contributed by atoms with Gasteiger partial charge in [0.25, 0.3) is 0 Å². The predicted octanol–water partition coefficient (Wildman–Crippen LogP) is 2.86. The Bertz CT molecular complexity index is 464. The van der Waals surface area contributed by atoms with Crippen LogP contribution >= 0.6 is 23.2 Å². The third-order valence-corrected chi connectivity index (χ3v) is 4.01. The molecular weight excluding hydrogens is 271 g/mol. The molecule has 18 heavy (non-hydrogen) atoms. The van der Waals surface area contributed by atoms with Crippen LogP contribution in [-0.2, 0) is 4.79 Å². The van der Waals surface area contributed by atoms with Crippen LogP contribution in [0.15, 0.2) is 18.2 Å². The molecule has 0 spiro atoms. The van der Waals surface area contributed by atoms with Crippen molar-refractivity contribution in [2.45, 2.75) is 19.4 Å². The van der Waals surface area contributed by atoms with Crippen LogP contribution in [0.3, 0.4) is 0 Å². The Balaban J connectivity index is 2.21. The molecule has 1 aromatic carbocycles. The summed E-state index contributed by atoms with van der Waals surface area (Å²) in [6, 6.07) is 5.33. The van der Waals surface area contributed by atoms with Gasteiger partial charge in [-0.3, -0.25) is 4.79 Å². The standard InChI is InChI=1S/C13H16Cl2N2O/c1-8(11-3-2-10(14)5-12(11)15)17-7-9(6-16)4-13(17)18/h2-3,5,8-9H,4,6-7,16H2,1H3. The number of carbonyl (C=O) groups is 1. The van der Waals surface area contributed by atoms with Crippen LogP contribution in [0, 0.1) is 5.92 Å². The smallest absolute Gasteiger partial charge is 0.223 e. The Kier molecular flexibility index (Phi) is 4.15. The van der Waals surface area contributed by atoms with E-state index in [0.29, 0.717) is 29.6 Å². The monoisotopic (exact) mass is 286 g/mol. The van der Waals surface area contributed by atoms with Gasteiger partial charge in [-0.15, -0.1) is 0 Å². The van der Waals surface area contributed by atoms with Gasteiger partial charge >= 0.3 is 0 Å². The van der Waals surface area contributed by atoms with E-state index in [1.807, 2.05) is 17.9 Å². The van der Waals surface area contributed by atoms with E-state index in [2.05, 4.69) is 0 Å². The molecule has 1 amide bonds. The van der Waals surface area contributed by atoms with Crippen molar-refractivity contribution in [2.24, 2.45) is 11.7 Å². The number of carbonyl (C=O) groups excluding carboxylic acids is 1. The number of hydrogen-bond donors (Lipinski definition) is 1. The maximum atomic E-state index is 11.9. The van der Waals surface area contributed by atoms with Gasteiger partial charge in [-0.25, -0.2) is 0 Å². The van der Waals surface area contributed by atoms with E-state index in [0.717, 1.165) is 5.56 Å². The number of nitrogens with zero attached hydrogens (tertiary/aromatic N) is 1. The Morgan fingerprint density at radius 2 is 2.22 bits per heavy atom. The molecule has 1 aliphatic rings. The SMILES string of the molecule is CC(c1ccc(Cl)cc1Cl)N1CC(CN)CC1=O. The van der Waals surface area contributed by atoms with Gasteiger partial charge in [0.2, 0.25) is 5.91 Å². The lowest BCUT2D eigenvalue weighted by atomic mass is 10.1. The fourth-order valence-corrected chi connectivity index (χ4v) is 2.92. The van der Waals surface area contributed by atoms with Crippen molar-refractivity contribution >= 4 is 29.1 Å². The lowest BCUT2D eigenvalue weighted by Gasteiger charge is -2.26. The van der Waals surface area contributed by atoms with Gasteiger partial charge in [-0.1, -0.05) is 29.3 Å². The molecule has 1 aliphatic heterocycles. The molecule has 98 valence electrons. The summed E-state index contributed by atoms with van der Waals surface area (Å²) in [7, 11) is 0. The third kappa shape index (κ3) is 2.63. The van der Waals surface area contributed by atoms with Gasteiger partial charge in [-0.05, 0) is 37.1 Å². The summed E-state index contributed by atoms with van der Waals surface area (Å²) in [5, 5.41) is 1.20. The number of likely N-dealkylation sites (tertiary alicyclic amines) is 1. The number of halogens is 2. The second kappa shape index (κ2) is 5.47. The number of amides is 1. The minimum atomic E-state index is -0.0428. The van der Waals surface area contributed by atoms with Gasteiger partial charge in [0.15, 0.2) is 0 Å². The van der Waals surface area contributed by atoms with Crippen molar-refractivity contribution in [3.05, 3.63) is 33.8 Å². The second-order valence-corrected chi connectivity index (χ2v) is 5.54. The molecule has 5 heteroatoms. The Morgan fingerprint density at radius 3 is 2.78 bits per heavy atom. The van der Waals surface area contributed by atoms with Crippen LogP contribution in [0.1, 0.15) is 24.9 Å². The highest BCUT2D eigenvalue weighted by atomic mass is 35.5. The van der Waals surface area contributed by atoms with Crippen LogP contribution in [-0.4, -0.2) is 23.9 Å². The van der Waals surface area contributed by atoms with Gasteiger partial charge in [-0.2, -0.15) is 0 Å². The maximum Gasteiger partial charge on any atom is 0.223 e. The van der Waals surface area contributed by atoms with Crippen LogP contribution < -0.4 is 5.73 Å². The van der Waals surface area contributed by atoms with Gasteiger partial charge < -0.3 is 10.6 Å². The molecule has 1 saturated heterocycles. The molecule has 0 radical (unpaired) electrons. The molecule has 1 fully saturated rings. The van der Waals surface area contributed by atoms with E-state index < -0.39 is 0 Å². The van der Waals surface area contributed by atoms with Gasteiger partial charge in [0, 0.05) is 23.0 Å². The number of rotatable bonds is 3. The zero-order valence-corrected chi connectivity index (χ0v) is 11.7. The topological polar surface area (TPSA) is 46.3 Å². The van der Waals surface area contributed by atoms with Crippen molar-refractivity contribution < 1.29 is 4.79 Å². The highest BCUT2D eigenvalue weighted by molar-refractivity contribution is 6.35. The summed E-state index contributed by atoms with van der Waals surface area (Å²) in [6.07, 6.45) is 0.534. The third-order valence-electron chi connectivity index (χ3n) is 3.45. The first-order valence-electron chi connectivity index (χ1n) is 5.97. The largest absolute Gasteiger partial charge is 0.336 e. The minimum Gasteiger partial charge on any atom is -0.336 e. The van der Waals surface area contributed by atoms with Crippen molar-refractivity contribution in [2.75, 3.05) is 13.1 Å². The molecule has 2 unspecified atom stereocenters. The molecule has 0 aliphatic carbocycles. The van der Waals surface area contributed by atoms with Gasteiger partial charge in [0.1, 0.15) is 0 Å². The second-order valence-electron chi connectivity index (χ2n) is 4.69. The molecule has 3 nitrogen and oxygen atoms in total. The minimum absolute atomic E-state index is 0.0428. The fourth-order valence-electron chi connectivity index (χ4n) is 2.35. The first kappa shape index (κ1) is 13.7. The van der Waals surface area contributed by atoms with E-state index in [1.165, 1.54) is 0 Å². The van der Waals surface area contributed by atoms with Crippen LogP contribution in [0.4, 0.5) is 0 Å². The van der Waals surface area contributed by atoms with Crippen molar-refractivity contribution in [1.82, 2.24) is 4.90 Å². The zero-order chi connectivity index (χ0) is 13.3. The van der Waals surface area contributed by atoms with Gasteiger partial charge in [0.05, 0.1) is 6.04 Å². The van der Waals surface area contributed by atoms with Crippen LogP contribution in [0.25, 0.3) is 0 Å². The van der Waals surface area contributed by atoms with Crippen molar-refractivity contribution in [3.8, 4) is 0 Å². The fraction of sp³-hybridized carbons (Fsp3) is 0.462. The normalized spacial score (nSPS) is 21.4. The molecule has 2 atom stereocenters. The molecule has 1 heterocycles. The highest BCUT2D eigenvalue weighted by Crippen LogP contribution is 2.33. The molecule has 0 saturated carbocycles. The van der Waals surface area contributed by atoms with Crippen molar-refractivity contribution in [1.29, 1.82) is 0 Å². The molecule has 2 N–H and O–H groups in total. The lowest BCUT2D eigenvalue weighted by Crippen LogP contribution is -2.29. The van der Waals surface area contributed by atoms with Crippen molar-refractivity contribution in [3.63, 3.8) is 0 Å². The summed E-state index contributed by atoms with van der Waals surface area (Å²) in [6.45, 7) is 3.23. The van der Waals surface area contributed by atoms with E-state index in [9.17, 15) is 4.79 Å². The lowest BCUT2D eigenvalue weighted by molar-refractivity contribution is -0.129. The average Bonchev–Trinajstić information content (AvgIpc) is 2.70. The molecule has 0 aromatic heterocycles. The first-order valence-corrected chi connectivity index (χ1v) is 6.73. The summed E-state index contributed by atoms with van der Waals surface area (Å²) in [4.78, 5) is 13.8. The Labute approximate surface area is 117 Å². The summed E-state index contributed by atoms with van der Waals surface area (Å²) in [5.41, 5.74) is 6.55. The first-order chi connectivity index (χ1) is 8.52. The summed E-state index contributed by atoms with van der Waals surface area (Å²) in [5.74, 6) is 0.398. The van der Waals surface area contributed by atoms with Crippen LogP contribution in [0.5, 0.6) is 0 Å². The molecule has 0 bridgehead atoms. The summed E-state index contributed by atoms with van der Waals surface area (Å²) < 4.78 is 0. The van der Waals surface area contributed by atoms with E-state index >= 15 is 0 Å². The van der Waals surface area contributed by atoms with E-state index in [-0.39, 0.29) is 17.9 Å². The highest BCUT2D eigenvalue weighted by Gasteiger charge is 2.32. The zero-order valence-electron chi connectivity index (χ0n) is 10.2. The number of benzene rings is 1.